The van der Waals surface area contributed by atoms with E-state index in [0.717, 1.165) is 21.8 Å². The highest BCUT2D eigenvalue weighted by molar-refractivity contribution is 7.80. The summed E-state index contributed by atoms with van der Waals surface area (Å²) in [5, 5.41) is 6.08. The summed E-state index contributed by atoms with van der Waals surface area (Å²) in [6.07, 6.45) is 0.316. The van der Waals surface area contributed by atoms with Crippen molar-refractivity contribution in [3.05, 3.63) is 92.2 Å². The number of fused-ring (bicyclic) bond motifs is 1. The van der Waals surface area contributed by atoms with Crippen LogP contribution >= 0.6 is 35.2 Å². The molecule has 7 heteroatoms. The first kappa shape index (κ1) is 18.6. The zero-order valence-corrected chi connectivity index (χ0v) is 17.8. The van der Waals surface area contributed by atoms with Gasteiger partial charge in [-0.2, -0.15) is 0 Å². The summed E-state index contributed by atoms with van der Waals surface area (Å²) < 4.78 is 20.8. The number of ether oxygens (including phenoxy) is 1. The molecule has 1 aromatic heterocycles. The van der Waals surface area contributed by atoms with E-state index in [1.54, 1.807) is 30.4 Å². The highest BCUT2D eigenvalue weighted by Gasteiger charge is 2.38. The van der Waals surface area contributed by atoms with Gasteiger partial charge in [-0.3, -0.25) is 4.90 Å². The van der Waals surface area contributed by atoms with Crippen LogP contribution in [0.15, 0.2) is 65.4 Å². The standard InChI is InChI=1S/C22H16ClFN2OS2/c1-12-4-6-15(11-17(12)24)26-20(19-3-2-8-29-19)25-21(28)16-10-13-9-14(23)5-7-18(13)27-22(16)26/h2-9,11,20H,10H2,1H3,(H,25,28)/t20-/m1/s1. The Kier molecular flexibility index (Phi) is 4.57. The fourth-order valence-electron chi connectivity index (χ4n) is 3.63. The number of hydrogen-bond donors (Lipinski definition) is 1. The van der Waals surface area contributed by atoms with Crippen molar-refractivity contribution in [2.24, 2.45) is 0 Å². The van der Waals surface area contributed by atoms with Crippen molar-refractivity contribution < 1.29 is 9.13 Å². The minimum absolute atomic E-state index is 0.259. The van der Waals surface area contributed by atoms with Crippen LogP contribution in [0.4, 0.5) is 10.1 Å². The Morgan fingerprint density at radius 3 is 2.86 bits per heavy atom. The highest BCUT2D eigenvalue weighted by atomic mass is 35.5. The molecule has 2 aliphatic heterocycles. The van der Waals surface area contributed by atoms with Gasteiger partial charge in [0.15, 0.2) is 0 Å². The van der Waals surface area contributed by atoms with Gasteiger partial charge >= 0.3 is 0 Å². The summed E-state index contributed by atoms with van der Waals surface area (Å²) in [4.78, 5) is 3.68. The molecule has 3 heterocycles. The summed E-state index contributed by atoms with van der Waals surface area (Å²) in [6, 6.07) is 14.8. The number of halogens is 2. The van der Waals surface area contributed by atoms with Gasteiger partial charge in [0.05, 0.1) is 5.57 Å². The fourth-order valence-corrected chi connectivity index (χ4v) is 4.86. The summed E-state index contributed by atoms with van der Waals surface area (Å²) in [7, 11) is 0. The van der Waals surface area contributed by atoms with E-state index in [1.165, 1.54) is 6.07 Å². The maximum atomic E-state index is 14.4. The lowest BCUT2D eigenvalue weighted by Gasteiger charge is -2.42. The summed E-state index contributed by atoms with van der Waals surface area (Å²) in [5.74, 6) is 1.11. The number of hydrogen-bond acceptors (Lipinski definition) is 4. The molecule has 5 rings (SSSR count). The quantitative estimate of drug-likeness (QED) is 0.482. The second kappa shape index (κ2) is 7.13. The maximum absolute atomic E-state index is 14.4. The van der Waals surface area contributed by atoms with Gasteiger partial charge in [-0.25, -0.2) is 4.39 Å². The molecule has 0 bridgehead atoms. The molecule has 29 heavy (non-hydrogen) atoms. The van der Waals surface area contributed by atoms with Gasteiger partial charge in [-0.15, -0.1) is 11.3 Å². The van der Waals surface area contributed by atoms with Crippen molar-refractivity contribution in [1.82, 2.24) is 5.32 Å². The smallest absolute Gasteiger partial charge is 0.208 e. The first-order valence-corrected chi connectivity index (χ1v) is 10.8. The molecule has 3 aromatic rings. The average molecular weight is 443 g/mol. The summed E-state index contributed by atoms with van der Waals surface area (Å²) >= 11 is 13.5. The molecule has 0 amide bonds. The van der Waals surface area contributed by atoms with Crippen molar-refractivity contribution in [2.45, 2.75) is 19.5 Å². The summed E-state index contributed by atoms with van der Waals surface area (Å²) in [6.45, 7) is 1.75. The van der Waals surface area contributed by atoms with Crippen molar-refractivity contribution in [3.8, 4) is 5.75 Å². The Labute approximate surface area is 182 Å². The van der Waals surface area contributed by atoms with E-state index in [1.807, 2.05) is 40.6 Å². The summed E-state index contributed by atoms with van der Waals surface area (Å²) in [5.41, 5.74) is 3.14. The van der Waals surface area contributed by atoms with Crippen LogP contribution in [0.25, 0.3) is 0 Å². The van der Waals surface area contributed by atoms with E-state index in [9.17, 15) is 4.39 Å². The molecule has 2 aliphatic rings. The predicted molar refractivity (Wildman–Crippen MR) is 119 cm³/mol. The van der Waals surface area contributed by atoms with Crippen molar-refractivity contribution >= 4 is 45.8 Å². The second-order valence-corrected chi connectivity index (χ2v) is 8.83. The molecule has 146 valence electrons. The third kappa shape index (κ3) is 3.21. The number of thiophene rings is 1. The van der Waals surface area contributed by atoms with E-state index < -0.39 is 0 Å². The van der Waals surface area contributed by atoms with E-state index in [0.29, 0.717) is 33.6 Å². The minimum Gasteiger partial charge on any atom is -0.440 e. The Bertz CT molecular complexity index is 1160. The molecule has 0 fully saturated rings. The number of aryl methyl sites for hydroxylation is 1. The first-order valence-electron chi connectivity index (χ1n) is 9.10. The lowest BCUT2D eigenvalue weighted by molar-refractivity contribution is 0.360. The molecule has 1 N–H and O–H groups in total. The van der Waals surface area contributed by atoms with Gasteiger partial charge in [-0.1, -0.05) is 36.0 Å². The zero-order chi connectivity index (χ0) is 20.1. The fraction of sp³-hybridized carbons (Fsp3) is 0.136. The van der Waals surface area contributed by atoms with Crippen LogP contribution in [0.3, 0.4) is 0 Å². The van der Waals surface area contributed by atoms with E-state index in [4.69, 9.17) is 28.6 Å². The van der Waals surface area contributed by atoms with Gasteiger partial charge < -0.3 is 10.1 Å². The molecule has 3 nitrogen and oxygen atoms in total. The van der Waals surface area contributed by atoms with Gasteiger partial charge in [-0.05, 0) is 54.3 Å². The van der Waals surface area contributed by atoms with Gasteiger partial charge in [0.2, 0.25) is 5.88 Å². The third-order valence-electron chi connectivity index (χ3n) is 5.12. The molecule has 0 radical (unpaired) electrons. The molecule has 2 aromatic carbocycles. The van der Waals surface area contributed by atoms with Crippen molar-refractivity contribution in [2.75, 3.05) is 4.90 Å². The number of thiocarbonyl (C=S) groups is 1. The van der Waals surface area contributed by atoms with E-state index in [2.05, 4.69) is 5.32 Å². The highest BCUT2D eigenvalue weighted by Crippen LogP contribution is 2.42. The third-order valence-corrected chi connectivity index (χ3v) is 6.64. The molecule has 0 unspecified atom stereocenters. The van der Waals surface area contributed by atoms with E-state index >= 15 is 0 Å². The lowest BCUT2D eigenvalue weighted by Crippen LogP contribution is -2.49. The van der Waals surface area contributed by atoms with Crippen LogP contribution in [0, 0.1) is 12.7 Å². The topological polar surface area (TPSA) is 24.5 Å². The van der Waals surface area contributed by atoms with Crippen LogP contribution in [0.1, 0.15) is 22.2 Å². The molecule has 0 aliphatic carbocycles. The zero-order valence-electron chi connectivity index (χ0n) is 15.4. The molecular formula is C22H16ClFN2OS2. The van der Waals surface area contributed by atoms with Gasteiger partial charge in [0, 0.05) is 27.6 Å². The van der Waals surface area contributed by atoms with Gasteiger partial charge in [0.1, 0.15) is 22.7 Å². The maximum Gasteiger partial charge on any atom is 0.208 e. The second-order valence-electron chi connectivity index (χ2n) is 7.01. The minimum atomic E-state index is -0.280. The lowest BCUT2D eigenvalue weighted by atomic mass is 9.99. The Balaban J connectivity index is 1.67. The van der Waals surface area contributed by atoms with Crippen molar-refractivity contribution in [3.63, 3.8) is 0 Å². The number of nitrogens with one attached hydrogen (secondary N) is 1. The number of rotatable bonds is 2. The molecule has 0 spiro atoms. The van der Waals surface area contributed by atoms with Gasteiger partial charge in [0.25, 0.3) is 0 Å². The van der Waals surface area contributed by atoms with Crippen LogP contribution in [0.2, 0.25) is 5.02 Å². The number of nitrogens with zero attached hydrogens (tertiary/aromatic N) is 1. The molecule has 0 saturated heterocycles. The van der Waals surface area contributed by atoms with Crippen LogP contribution in [0.5, 0.6) is 5.75 Å². The Hall–Kier alpha value is -2.41. The SMILES string of the molecule is Cc1ccc(N2C3=C(Cc4cc(Cl)ccc4O3)C(=S)N[C@H]2c2cccs2)cc1F. The predicted octanol–water partition coefficient (Wildman–Crippen LogP) is 6.13. The van der Waals surface area contributed by atoms with Crippen LogP contribution < -0.4 is 15.0 Å². The Morgan fingerprint density at radius 1 is 1.24 bits per heavy atom. The first-order chi connectivity index (χ1) is 14.0. The Morgan fingerprint density at radius 2 is 2.10 bits per heavy atom. The largest absolute Gasteiger partial charge is 0.440 e. The monoisotopic (exact) mass is 442 g/mol. The molecule has 0 saturated carbocycles. The average Bonchev–Trinajstić information content (AvgIpc) is 3.24. The van der Waals surface area contributed by atoms with Crippen LogP contribution in [-0.2, 0) is 6.42 Å². The molecular weight excluding hydrogens is 427 g/mol. The van der Waals surface area contributed by atoms with Crippen LogP contribution in [-0.4, -0.2) is 4.99 Å². The number of anilines is 1. The van der Waals surface area contributed by atoms with E-state index in [-0.39, 0.29) is 12.0 Å². The van der Waals surface area contributed by atoms with Crippen molar-refractivity contribution in [1.29, 1.82) is 0 Å². The molecule has 1 atom stereocenters. The normalized spacial score (nSPS) is 18.1. The number of benzene rings is 2.